The molecule has 0 fully saturated rings. The van der Waals surface area contributed by atoms with E-state index in [-0.39, 0.29) is 0 Å². The molecule has 1 heterocycles. The molecule has 0 spiro atoms. The van der Waals surface area contributed by atoms with Gasteiger partial charge in [-0.05, 0) is 84.1 Å². The highest BCUT2D eigenvalue weighted by molar-refractivity contribution is 7.19. The minimum atomic E-state index is 0.570. The Morgan fingerprint density at radius 3 is 1.94 bits per heavy atom. The van der Waals surface area contributed by atoms with Crippen LogP contribution in [0.2, 0.25) is 0 Å². The SMILES string of the molecule is COc1ccc(-c2sc(-c3ccc(OCc4ccccc4)cc3)c(C)c2C)cc1OC. The van der Waals surface area contributed by atoms with E-state index in [4.69, 9.17) is 14.2 Å². The van der Waals surface area contributed by atoms with Gasteiger partial charge < -0.3 is 14.2 Å². The molecule has 0 atom stereocenters. The molecule has 0 radical (unpaired) electrons. The summed E-state index contributed by atoms with van der Waals surface area (Å²) < 4.78 is 16.8. The lowest BCUT2D eigenvalue weighted by atomic mass is 10.0. The van der Waals surface area contributed by atoms with Gasteiger partial charge in [0.15, 0.2) is 11.5 Å². The average molecular weight is 431 g/mol. The second-order valence-corrected chi connectivity index (χ2v) is 8.40. The molecule has 0 bridgehead atoms. The largest absolute Gasteiger partial charge is 0.493 e. The van der Waals surface area contributed by atoms with E-state index in [2.05, 4.69) is 44.2 Å². The van der Waals surface area contributed by atoms with Gasteiger partial charge in [-0.3, -0.25) is 0 Å². The topological polar surface area (TPSA) is 27.7 Å². The first kappa shape index (κ1) is 21.0. The summed E-state index contributed by atoms with van der Waals surface area (Å²) in [6.07, 6.45) is 0. The van der Waals surface area contributed by atoms with E-state index in [0.29, 0.717) is 6.61 Å². The maximum absolute atomic E-state index is 5.94. The fraction of sp³-hybridized carbons (Fsp3) is 0.185. The summed E-state index contributed by atoms with van der Waals surface area (Å²) in [4.78, 5) is 2.52. The molecule has 3 aromatic carbocycles. The zero-order chi connectivity index (χ0) is 21.8. The van der Waals surface area contributed by atoms with Crippen LogP contribution in [-0.4, -0.2) is 14.2 Å². The maximum atomic E-state index is 5.94. The van der Waals surface area contributed by atoms with Crippen LogP contribution >= 0.6 is 11.3 Å². The first-order valence-corrected chi connectivity index (χ1v) is 11.0. The molecule has 0 aliphatic rings. The van der Waals surface area contributed by atoms with E-state index >= 15 is 0 Å². The van der Waals surface area contributed by atoms with Crippen molar-refractivity contribution in [3.63, 3.8) is 0 Å². The van der Waals surface area contributed by atoms with Gasteiger partial charge in [-0.2, -0.15) is 0 Å². The van der Waals surface area contributed by atoms with Crippen LogP contribution in [0, 0.1) is 13.8 Å². The van der Waals surface area contributed by atoms with Crippen molar-refractivity contribution in [2.24, 2.45) is 0 Å². The minimum absolute atomic E-state index is 0.570. The van der Waals surface area contributed by atoms with Gasteiger partial charge in [0.05, 0.1) is 14.2 Å². The third-order valence-electron chi connectivity index (χ3n) is 5.46. The minimum Gasteiger partial charge on any atom is -0.493 e. The van der Waals surface area contributed by atoms with Crippen LogP contribution in [0.4, 0.5) is 0 Å². The van der Waals surface area contributed by atoms with Gasteiger partial charge >= 0.3 is 0 Å². The molecule has 3 nitrogen and oxygen atoms in total. The second-order valence-electron chi connectivity index (χ2n) is 7.38. The van der Waals surface area contributed by atoms with Crippen molar-refractivity contribution >= 4 is 11.3 Å². The monoisotopic (exact) mass is 430 g/mol. The molecular formula is C27H26O3S. The van der Waals surface area contributed by atoms with E-state index in [1.807, 2.05) is 42.5 Å². The van der Waals surface area contributed by atoms with Crippen LogP contribution in [0.5, 0.6) is 17.2 Å². The number of methoxy groups -OCH3 is 2. The Hall–Kier alpha value is -3.24. The zero-order valence-electron chi connectivity index (χ0n) is 18.3. The lowest BCUT2D eigenvalue weighted by Gasteiger charge is -2.09. The fourth-order valence-electron chi connectivity index (χ4n) is 3.57. The lowest BCUT2D eigenvalue weighted by Crippen LogP contribution is -1.94. The summed E-state index contributed by atoms with van der Waals surface area (Å²) in [7, 11) is 3.32. The Morgan fingerprint density at radius 2 is 1.29 bits per heavy atom. The van der Waals surface area contributed by atoms with Gasteiger partial charge in [-0.1, -0.05) is 30.3 Å². The fourth-order valence-corrected chi connectivity index (χ4v) is 4.88. The van der Waals surface area contributed by atoms with Gasteiger partial charge in [-0.15, -0.1) is 11.3 Å². The molecule has 0 amide bonds. The van der Waals surface area contributed by atoms with Crippen molar-refractivity contribution < 1.29 is 14.2 Å². The van der Waals surface area contributed by atoms with Crippen LogP contribution in [0.3, 0.4) is 0 Å². The molecule has 0 unspecified atom stereocenters. The predicted octanol–water partition coefficient (Wildman–Crippen LogP) is 7.30. The summed E-state index contributed by atoms with van der Waals surface area (Å²) in [6, 6.07) is 24.7. The summed E-state index contributed by atoms with van der Waals surface area (Å²) in [5.41, 5.74) is 6.09. The van der Waals surface area contributed by atoms with Crippen LogP contribution < -0.4 is 14.2 Å². The first-order chi connectivity index (χ1) is 15.1. The molecule has 4 heteroatoms. The Kier molecular flexibility index (Phi) is 6.28. The molecule has 0 aliphatic carbocycles. The molecule has 31 heavy (non-hydrogen) atoms. The average Bonchev–Trinajstić information content (AvgIpc) is 3.12. The number of ether oxygens (including phenoxy) is 3. The Morgan fingerprint density at radius 1 is 0.677 bits per heavy atom. The summed E-state index contributed by atoms with van der Waals surface area (Å²) >= 11 is 1.80. The van der Waals surface area contributed by atoms with E-state index in [1.54, 1.807) is 25.6 Å². The highest BCUT2D eigenvalue weighted by Gasteiger charge is 2.16. The third kappa shape index (κ3) is 4.44. The predicted molar refractivity (Wildman–Crippen MR) is 129 cm³/mol. The molecule has 0 N–H and O–H groups in total. The normalized spacial score (nSPS) is 10.7. The quantitative estimate of drug-likeness (QED) is 0.308. The Labute approximate surface area is 187 Å². The zero-order valence-corrected chi connectivity index (χ0v) is 19.1. The third-order valence-corrected chi connectivity index (χ3v) is 6.95. The van der Waals surface area contributed by atoms with Crippen LogP contribution in [-0.2, 0) is 6.61 Å². The van der Waals surface area contributed by atoms with Crippen molar-refractivity contribution in [2.75, 3.05) is 14.2 Å². The number of benzene rings is 3. The van der Waals surface area contributed by atoms with E-state index < -0.39 is 0 Å². The number of hydrogen-bond acceptors (Lipinski definition) is 4. The van der Waals surface area contributed by atoms with Crippen molar-refractivity contribution in [1.29, 1.82) is 0 Å². The molecular weight excluding hydrogens is 404 g/mol. The molecule has 4 aromatic rings. The molecule has 1 aromatic heterocycles. The molecule has 4 rings (SSSR count). The summed E-state index contributed by atoms with van der Waals surface area (Å²) in [6.45, 7) is 4.94. The second kappa shape index (κ2) is 9.27. The van der Waals surface area contributed by atoms with E-state index in [0.717, 1.165) is 28.4 Å². The molecule has 158 valence electrons. The van der Waals surface area contributed by atoms with Gasteiger partial charge in [0.2, 0.25) is 0 Å². The molecule has 0 aliphatic heterocycles. The van der Waals surface area contributed by atoms with Gasteiger partial charge in [0, 0.05) is 9.75 Å². The van der Waals surface area contributed by atoms with Crippen LogP contribution in [0.1, 0.15) is 16.7 Å². The number of thiophene rings is 1. The van der Waals surface area contributed by atoms with Gasteiger partial charge in [0.1, 0.15) is 12.4 Å². The maximum Gasteiger partial charge on any atom is 0.161 e. The summed E-state index contributed by atoms with van der Waals surface area (Å²) in [5.74, 6) is 2.36. The highest BCUT2D eigenvalue weighted by atomic mass is 32.1. The van der Waals surface area contributed by atoms with Gasteiger partial charge in [0.25, 0.3) is 0 Å². The standard InChI is InChI=1S/C27H26O3S/c1-18-19(2)27(22-12-15-24(28-3)25(16-22)29-4)31-26(18)21-10-13-23(14-11-21)30-17-20-8-6-5-7-9-20/h5-16H,17H2,1-4H3. The Balaban J connectivity index is 1.58. The van der Waals surface area contributed by atoms with E-state index in [1.165, 1.54) is 26.4 Å². The van der Waals surface area contributed by atoms with E-state index in [9.17, 15) is 0 Å². The van der Waals surface area contributed by atoms with Crippen molar-refractivity contribution in [3.8, 4) is 38.1 Å². The van der Waals surface area contributed by atoms with Crippen molar-refractivity contribution in [2.45, 2.75) is 20.5 Å². The van der Waals surface area contributed by atoms with Crippen LogP contribution in [0.25, 0.3) is 20.9 Å². The first-order valence-electron chi connectivity index (χ1n) is 10.2. The number of rotatable bonds is 7. The Bertz CT molecular complexity index is 1160. The smallest absolute Gasteiger partial charge is 0.161 e. The summed E-state index contributed by atoms with van der Waals surface area (Å²) in [5, 5.41) is 0. The highest BCUT2D eigenvalue weighted by Crippen LogP contribution is 2.43. The van der Waals surface area contributed by atoms with Crippen molar-refractivity contribution in [1.82, 2.24) is 0 Å². The lowest BCUT2D eigenvalue weighted by molar-refractivity contribution is 0.306. The molecule has 0 saturated carbocycles. The molecule has 0 saturated heterocycles. The van der Waals surface area contributed by atoms with Gasteiger partial charge in [-0.25, -0.2) is 0 Å². The van der Waals surface area contributed by atoms with Crippen molar-refractivity contribution in [3.05, 3.63) is 89.5 Å². The van der Waals surface area contributed by atoms with Crippen LogP contribution in [0.15, 0.2) is 72.8 Å². The number of hydrogen-bond donors (Lipinski definition) is 0.